The summed E-state index contributed by atoms with van der Waals surface area (Å²) in [4.78, 5) is 7.31. The maximum atomic E-state index is 15.4. The van der Waals surface area contributed by atoms with Gasteiger partial charge in [-0.2, -0.15) is 22.8 Å². The molecule has 0 radical (unpaired) electrons. The van der Waals surface area contributed by atoms with E-state index in [2.05, 4.69) is 15.1 Å². The molecular weight excluding hydrogens is 404 g/mol. The molecule has 0 aliphatic carbocycles. The van der Waals surface area contributed by atoms with Crippen molar-refractivity contribution in [1.29, 1.82) is 0 Å². The number of imidazole rings is 1. The second-order valence-corrected chi connectivity index (χ2v) is 6.23. The number of alkyl halides is 3. The minimum atomic E-state index is -4.65. The van der Waals surface area contributed by atoms with Crippen molar-refractivity contribution in [1.82, 2.24) is 19.6 Å². The van der Waals surface area contributed by atoms with Crippen molar-refractivity contribution < 1.29 is 27.0 Å². The Kier molecular flexibility index (Phi) is 4.76. The predicted octanol–water partition coefficient (Wildman–Crippen LogP) is 4.63. The fourth-order valence-electron chi connectivity index (χ4n) is 3.05. The molecule has 2 heterocycles. The van der Waals surface area contributed by atoms with Crippen LogP contribution in [0.2, 0.25) is 0 Å². The van der Waals surface area contributed by atoms with E-state index in [0.717, 1.165) is 4.52 Å². The number of rotatable bonds is 4. The molecular formula is C20H14F4N4O2. The first kappa shape index (κ1) is 19.6. The maximum Gasteiger partial charge on any atom is 0.435 e. The quantitative estimate of drug-likeness (QED) is 0.452. The lowest BCUT2D eigenvalue weighted by atomic mass is 10.0. The van der Waals surface area contributed by atoms with Crippen molar-refractivity contribution >= 4 is 5.78 Å². The smallest absolute Gasteiger partial charge is 0.435 e. The van der Waals surface area contributed by atoms with Gasteiger partial charge in [0.05, 0.1) is 32.3 Å². The van der Waals surface area contributed by atoms with Crippen LogP contribution in [0, 0.1) is 5.82 Å². The average Bonchev–Trinajstić information content (AvgIpc) is 3.16. The Labute approximate surface area is 167 Å². The van der Waals surface area contributed by atoms with Gasteiger partial charge in [0.1, 0.15) is 5.82 Å². The van der Waals surface area contributed by atoms with E-state index >= 15 is 4.39 Å². The average molecular weight is 418 g/mol. The van der Waals surface area contributed by atoms with Crippen LogP contribution in [0.15, 0.2) is 48.8 Å². The molecule has 2 aromatic heterocycles. The molecule has 10 heteroatoms. The van der Waals surface area contributed by atoms with E-state index in [4.69, 9.17) is 9.47 Å². The van der Waals surface area contributed by atoms with Gasteiger partial charge in [0.15, 0.2) is 17.2 Å². The fourth-order valence-corrected chi connectivity index (χ4v) is 3.05. The Balaban J connectivity index is 1.83. The molecule has 2 aromatic carbocycles. The molecule has 0 atom stereocenters. The summed E-state index contributed by atoms with van der Waals surface area (Å²) in [6.45, 7) is 0. The Morgan fingerprint density at radius 2 is 1.67 bits per heavy atom. The number of nitrogens with zero attached hydrogens (tertiary/aromatic N) is 4. The van der Waals surface area contributed by atoms with Crippen LogP contribution in [0.3, 0.4) is 0 Å². The topological polar surface area (TPSA) is 61.5 Å². The molecule has 0 saturated heterocycles. The van der Waals surface area contributed by atoms with Gasteiger partial charge in [-0.05, 0) is 23.8 Å². The molecule has 154 valence electrons. The third-order valence-electron chi connectivity index (χ3n) is 4.50. The van der Waals surface area contributed by atoms with Crippen LogP contribution in [0.5, 0.6) is 11.5 Å². The molecule has 4 rings (SSSR count). The second kappa shape index (κ2) is 7.29. The minimum absolute atomic E-state index is 0.115. The van der Waals surface area contributed by atoms with Crippen LogP contribution in [0.1, 0.15) is 5.69 Å². The van der Waals surface area contributed by atoms with Crippen molar-refractivity contribution in [3.8, 4) is 33.9 Å². The van der Waals surface area contributed by atoms with Crippen LogP contribution >= 0.6 is 0 Å². The van der Waals surface area contributed by atoms with Crippen LogP contribution in [-0.4, -0.2) is 33.8 Å². The van der Waals surface area contributed by atoms with E-state index in [1.165, 1.54) is 26.5 Å². The zero-order valence-corrected chi connectivity index (χ0v) is 15.7. The van der Waals surface area contributed by atoms with E-state index in [1.807, 2.05) is 0 Å². The molecule has 0 N–H and O–H groups in total. The van der Waals surface area contributed by atoms with Gasteiger partial charge in [0.25, 0.3) is 5.78 Å². The maximum absolute atomic E-state index is 15.4. The molecule has 0 spiro atoms. The molecule has 4 aromatic rings. The van der Waals surface area contributed by atoms with Crippen LogP contribution in [0.4, 0.5) is 17.6 Å². The largest absolute Gasteiger partial charge is 0.493 e. The van der Waals surface area contributed by atoms with Crippen LogP contribution < -0.4 is 9.47 Å². The number of fused-ring (bicyclic) bond motifs is 1. The van der Waals surface area contributed by atoms with Crippen molar-refractivity contribution in [3.05, 3.63) is 60.3 Å². The number of hydrogen-bond donors (Lipinski definition) is 0. The molecule has 0 unspecified atom stereocenters. The van der Waals surface area contributed by atoms with Gasteiger partial charge in [0, 0.05) is 11.1 Å². The van der Waals surface area contributed by atoms with Crippen LogP contribution in [0.25, 0.3) is 28.2 Å². The summed E-state index contributed by atoms with van der Waals surface area (Å²) in [6.07, 6.45) is -2.85. The first-order chi connectivity index (χ1) is 14.3. The third-order valence-corrected chi connectivity index (χ3v) is 4.50. The number of hydrogen-bond acceptors (Lipinski definition) is 5. The van der Waals surface area contributed by atoms with E-state index in [0.29, 0.717) is 23.3 Å². The van der Waals surface area contributed by atoms with E-state index in [1.54, 1.807) is 30.3 Å². The lowest BCUT2D eigenvalue weighted by Gasteiger charge is -2.12. The zero-order valence-electron chi connectivity index (χ0n) is 15.7. The summed E-state index contributed by atoms with van der Waals surface area (Å²) in [5.41, 5.74) is -0.0869. The highest BCUT2D eigenvalue weighted by Crippen LogP contribution is 2.36. The normalized spacial score (nSPS) is 11.7. The highest BCUT2D eigenvalue weighted by atomic mass is 19.4. The molecule has 0 saturated carbocycles. The predicted molar refractivity (Wildman–Crippen MR) is 99.7 cm³/mol. The second-order valence-electron chi connectivity index (χ2n) is 6.23. The van der Waals surface area contributed by atoms with Crippen molar-refractivity contribution in [2.24, 2.45) is 0 Å². The van der Waals surface area contributed by atoms with Gasteiger partial charge in [-0.1, -0.05) is 18.2 Å². The Hall–Kier alpha value is -3.69. The molecule has 6 nitrogen and oxygen atoms in total. The zero-order chi connectivity index (χ0) is 21.5. The van der Waals surface area contributed by atoms with E-state index in [-0.39, 0.29) is 22.6 Å². The SMILES string of the molecule is COc1ccc(-c2cccc(-c3cnc4nc(C(F)(F)F)cnn34)c2F)cc1OC. The number of ether oxygens (including phenoxy) is 2. The van der Waals surface area contributed by atoms with Crippen LogP contribution in [-0.2, 0) is 6.18 Å². The summed E-state index contributed by atoms with van der Waals surface area (Å²) in [5.74, 6) is 0.0551. The summed E-state index contributed by atoms with van der Waals surface area (Å²) >= 11 is 0. The Bertz CT molecular complexity index is 1240. The standard InChI is InChI=1S/C20H14F4N4O2/c1-29-15-7-6-11(8-16(15)30-2)12-4-3-5-13(18(12)21)14-9-25-19-27-17(20(22,23)24)10-26-28(14)19/h3-10H,1-2H3. The third kappa shape index (κ3) is 3.30. The van der Waals surface area contributed by atoms with E-state index in [9.17, 15) is 13.2 Å². The number of methoxy groups -OCH3 is 2. The summed E-state index contributed by atoms with van der Waals surface area (Å²) in [5, 5.41) is 3.75. The monoisotopic (exact) mass is 418 g/mol. The molecule has 30 heavy (non-hydrogen) atoms. The molecule has 0 amide bonds. The number of aromatic nitrogens is 4. The van der Waals surface area contributed by atoms with Gasteiger partial charge in [0.2, 0.25) is 0 Å². The van der Waals surface area contributed by atoms with Gasteiger partial charge in [-0.15, -0.1) is 0 Å². The van der Waals surface area contributed by atoms with Crippen molar-refractivity contribution in [2.45, 2.75) is 6.18 Å². The van der Waals surface area contributed by atoms with Gasteiger partial charge < -0.3 is 9.47 Å². The van der Waals surface area contributed by atoms with Crippen molar-refractivity contribution in [3.63, 3.8) is 0 Å². The Morgan fingerprint density at radius 3 is 2.37 bits per heavy atom. The molecule has 0 bridgehead atoms. The summed E-state index contributed by atoms with van der Waals surface area (Å²) < 4.78 is 65.5. The number of benzene rings is 2. The highest BCUT2D eigenvalue weighted by Gasteiger charge is 2.33. The summed E-state index contributed by atoms with van der Waals surface area (Å²) in [6, 6.07) is 9.65. The summed E-state index contributed by atoms with van der Waals surface area (Å²) in [7, 11) is 2.97. The number of halogens is 4. The van der Waals surface area contributed by atoms with Gasteiger partial charge in [-0.25, -0.2) is 14.4 Å². The highest BCUT2D eigenvalue weighted by molar-refractivity contribution is 5.74. The fraction of sp³-hybridized carbons (Fsp3) is 0.150. The first-order valence-electron chi connectivity index (χ1n) is 8.62. The lowest BCUT2D eigenvalue weighted by Crippen LogP contribution is -2.11. The van der Waals surface area contributed by atoms with E-state index < -0.39 is 17.7 Å². The first-order valence-corrected chi connectivity index (χ1v) is 8.62. The lowest BCUT2D eigenvalue weighted by molar-refractivity contribution is -0.141. The Morgan fingerprint density at radius 1 is 0.933 bits per heavy atom. The van der Waals surface area contributed by atoms with Crippen molar-refractivity contribution in [2.75, 3.05) is 14.2 Å². The molecule has 0 fully saturated rings. The molecule has 0 aliphatic rings. The van der Waals surface area contributed by atoms with Gasteiger partial charge in [-0.3, -0.25) is 0 Å². The molecule has 0 aliphatic heterocycles. The van der Waals surface area contributed by atoms with Gasteiger partial charge >= 0.3 is 6.18 Å². The minimum Gasteiger partial charge on any atom is -0.493 e.